The fourth-order valence-electron chi connectivity index (χ4n) is 5.59. The Kier molecular flexibility index (Phi) is 7.58. The van der Waals surface area contributed by atoms with Gasteiger partial charge in [-0.2, -0.15) is 0 Å². The molecular weight excluding hydrogens is 480 g/mol. The Balaban J connectivity index is 1.40. The zero-order valence-corrected chi connectivity index (χ0v) is 21.9. The van der Waals surface area contributed by atoms with Crippen molar-refractivity contribution in [3.63, 3.8) is 0 Å². The van der Waals surface area contributed by atoms with Crippen LogP contribution in [-0.4, -0.2) is 44.6 Å². The van der Waals surface area contributed by atoms with E-state index in [0.717, 1.165) is 64.2 Å². The van der Waals surface area contributed by atoms with Crippen molar-refractivity contribution >= 4 is 33.7 Å². The molecular formula is C30H34N4O4. The maximum Gasteiger partial charge on any atom is 0.304 e. The molecule has 1 aliphatic rings. The second-order valence-corrected chi connectivity index (χ2v) is 10.2. The Morgan fingerprint density at radius 3 is 2.63 bits per heavy atom. The molecule has 0 aliphatic heterocycles. The van der Waals surface area contributed by atoms with E-state index in [1.165, 1.54) is 6.42 Å². The molecule has 198 valence electrons. The summed E-state index contributed by atoms with van der Waals surface area (Å²) in [5.41, 5.74) is 4.50. The van der Waals surface area contributed by atoms with Gasteiger partial charge in [-0.05, 0) is 72.4 Å². The summed E-state index contributed by atoms with van der Waals surface area (Å²) in [6.45, 7) is 4.68. The van der Waals surface area contributed by atoms with Crippen LogP contribution in [0.1, 0.15) is 68.1 Å². The van der Waals surface area contributed by atoms with Crippen LogP contribution in [0.4, 0.5) is 0 Å². The van der Waals surface area contributed by atoms with Crippen LogP contribution in [0, 0.1) is 6.92 Å². The molecule has 5 rings (SSSR count). The molecule has 0 spiro atoms. The van der Waals surface area contributed by atoms with Gasteiger partial charge in [0.05, 0.1) is 11.9 Å². The highest BCUT2D eigenvalue weighted by atomic mass is 16.5. The molecule has 1 heterocycles. The van der Waals surface area contributed by atoms with Gasteiger partial charge in [0.15, 0.2) is 6.61 Å². The standard InChI is InChI=1S/C30H34N4O4/c1-3-34-27-14-13-25(19(2)30(27)32-33-34)26(17-29(36)37)21-10-9-20-11-12-24(16-22(20)15-21)38-18-28(35)31-23-7-5-4-6-8-23/h9-16,23,26H,3-8,17-18H2,1-2H3,(H,31,35)(H,36,37). The zero-order chi connectivity index (χ0) is 26.6. The highest BCUT2D eigenvalue weighted by molar-refractivity contribution is 5.86. The molecule has 8 nitrogen and oxygen atoms in total. The number of fused-ring (bicyclic) bond motifs is 2. The summed E-state index contributed by atoms with van der Waals surface area (Å²) in [4.78, 5) is 24.3. The number of nitrogens with zero attached hydrogens (tertiary/aromatic N) is 3. The number of rotatable bonds is 9. The molecule has 0 bridgehead atoms. The molecule has 0 radical (unpaired) electrons. The number of aromatic nitrogens is 3. The van der Waals surface area contributed by atoms with Crippen molar-refractivity contribution in [2.24, 2.45) is 0 Å². The number of nitrogens with one attached hydrogen (secondary N) is 1. The smallest absolute Gasteiger partial charge is 0.304 e. The third kappa shape index (κ3) is 5.49. The third-order valence-electron chi connectivity index (χ3n) is 7.61. The van der Waals surface area contributed by atoms with Gasteiger partial charge < -0.3 is 15.2 Å². The minimum atomic E-state index is -0.868. The molecule has 8 heteroatoms. The summed E-state index contributed by atoms with van der Waals surface area (Å²) in [5.74, 6) is -0.707. The monoisotopic (exact) mass is 514 g/mol. The van der Waals surface area contributed by atoms with Crippen molar-refractivity contribution in [3.05, 3.63) is 65.2 Å². The number of carboxylic acid groups (broad SMARTS) is 1. The fraction of sp³-hybridized carbons (Fsp3) is 0.400. The number of carbonyl (C=O) groups excluding carboxylic acids is 1. The van der Waals surface area contributed by atoms with Crippen LogP contribution in [0.5, 0.6) is 5.75 Å². The van der Waals surface area contributed by atoms with Crippen molar-refractivity contribution in [3.8, 4) is 5.75 Å². The zero-order valence-electron chi connectivity index (χ0n) is 21.9. The quantitative estimate of drug-likeness (QED) is 0.312. The first-order valence-electron chi connectivity index (χ1n) is 13.4. The molecule has 1 aromatic heterocycles. The maximum absolute atomic E-state index is 12.4. The van der Waals surface area contributed by atoms with Crippen LogP contribution >= 0.6 is 0 Å². The van der Waals surface area contributed by atoms with E-state index < -0.39 is 5.97 Å². The molecule has 2 N–H and O–H groups in total. The molecule has 1 unspecified atom stereocenters. The van der Waals surface area contributed by atoms with Gasteiger partial charge >= 0.3 is 5.97 Å². The predicted octanol–water partition coefficient (Wildman–Crippen LogP) is 5.35. The van der Waals surface area contributed by atoms with E-state index in [0.29, 0.717) is 12.3 Å². The van der Waals surface area contributed by atoms with E-state index in [9.17, 15) is 14.7 Å². The summed E-state index contributed by atoms with van der Waals surface area (Å²) in [5, 5.41) is 23.4. The minimum Gasteiger partial charge on any atom is -0.484 e. The van der Waals surface area contributed by atoms with Gasteiger partial charge in [-0.3, -0.25) is 9.59 Å². The van der Waals surface area contributed by atoms with E-state index in [4.69, 9.17) is 4.74 Å². The van der Waals surface area contributed by atoms with E-state index >= 15 is 0 Å². The third-order valence-corrected chi connectivity index (χ3v) is 7.61. The SMILES string of the molecule is CCn1nnc2c(C)c(C(CC(=O)O)c3ccc4ccc(OCC(=O)NC5CCCCC5)cc4c3)ccc21. The van der Waals surface area contributed by atoms with Crippen molar-refractivity contribution < 1.29 is 19.4 Å². The number of amides is 1. The minimum absolute atomic E-state index is 0.0268. The molecule has 1 atom stereocenters. The second-order valence-electron chi connectivity index (χ2n) is 10.2. The number of benzene rings is 3. The number of aliphatic carboxylic acids is 1. The molecule has 4 aromatic rings. The van der Waals surface area contributed by atoms with Gasteiger partial charge in [-0.15, -0.1) is 5.10 Å². The van der Waals surface area contributed by atoms with Gasteiger partial charge in [-0.25, -0.2) is 4.68 Å². The van der Waals surface area contributed by atoms with Crippen molar-refractivity contribution in [2.45, 2.75) is 70.9 Å². The first kappa shape index (κ1) is 25.7. The second kappa shape index (κ2) is 11.2. The summed E-state index contributed by atoms with van der Waals surface area (Å²) in [6, 6.07) is 16.0. The summed E-state index contributed by atoms with van der Waals surface area (Å²) < 4.78 is 7.66. The molecule has 0 saturated heterocycles. The average molecular weight is 515 g/mol. The van der Waals surface area contributed by atoms with Crippen LogP contribution in [0.2, 0.25) is 0 Å². The van der Waals surface area contributed by atoms with E-state index in [1.54, 1.807) is 0 Å². The number of hydrogen-bond acceptors (Lipinski definition) is 5. The molecule has 1 saturated carbocycles. The summed E-state index contributed by atoms with van der Waals surface area (Å²) >= 11 is 0. The Morgan fingerprint density at radius 2 is 1.87 bits per heavy atom. The Bertz CT molecular complexity index is 1470. The molecule has 38 heavy (non-hydrogen) atoms. The number of carbonyl (C=O) groups is 2. The van der Waals surface area contributed by atoms with Gasteiger partial charge in [0.1, 0.15) is 11.3 Å². The van der Waals surface area contributed by atoms with Crippen LogP contribution in [0.3, 0.4) is 0 Å². The number of hydrogen-bond donors (Lipinski definition) is 2. The molecule has 1 aliphatic carbocycles. The van der Waals surface area contributed by atoms with Crippen molar-refractivity contribution in [1.29, 1.82) is 0 Å². The lowest BCUT2D eigenvalue weighted by atomic mass is 9.85. The largest absolute Gasteiger partial charge is 0.484 e. The highest BCUT2D eigenvalue weighted by Crippen LogP contribution is 2.35. The fourth-order valence-corrected chi connectivity index (χ4v) is 5.59. The lowest BCUT2D eigenvalue weighted by Crippen LogP contribution is -2.38. The van der Waals surface area contributed by atoms with Crippen molar-refractivity contribution in [1.82, 2.24) is 20.3 Å². The predicted molar refractivity (Wildman–Crippen MR) is 146 cm³/mol. The van der Waals surface area contributed by atoms with Gasteiger partial charge in [-0.1, -0.05) is 54.8 Å². The first-order chi connectivity index (χ1) is 18.4. The number of aryl methyl sites for hydroxylation is 2. The topological polar surface area (TPSA) is 106 Å². The van der Waals surface area contributed by atoms with Gasteiger partial charge in [0, 0.05) is 18.5 Å². The number of ether oxygens (including phenoxy) is 1. The molecule has 1 amide bonds. The summed E-state index contributed by atoms with van der Waals surface area (Å²) in [6.07, 6.45) is 5.58. The lowest BCUT2D eigenvalue weighted by molar-refractivity contribution is -0.137. The Labute approximate surface area is 222 Å². The maximum atomic E-state index is 12.4. The van der Waals surface area contributed by atoms with Crippen LogP contribution in [0.25, 0.3) is 21.8 Å². The molecule has 1 fully saturated rings. The van der Waals surface area contributed by atoms with E-state index in [1.807, 2.05) is 67.1 Å². The van der Waals surface area contributed by atoms with E-state index in [-0.39, 0.29) is 30.9 Å². The number of carboxylic acids is 1. The average Bonchev–Trinajstić information content (AvgIpc) is 3.35. The Hall–Kier alpha value is -3.94. The lowest BCUT2D eigenvalue weighted by Gasteiger charge is -2.22. The van der Waals surface area contributed by atoms with Crippen LogP contribution in [-0.2, 0) is 16.1 Å². The van der Waals surface area contributed by atoms with Gasteiger partial charge in [0.2, 0.25) is 0 Å². The molecule has 3 aromatic carbocycles. The highest BCUT2D eigenvalue weighted by Gasteiger charge is 2.23. The Morgan fingerprint density at radius 1 is 1.08 bits per heavy atom. The van der Waals surface area contributed by atoms with Gasteiger partial charge in [0.25, 0.3) is 5.91 Å². The van der Waals surface area contributed by atoms with Crippen molar-refractivity contribution in [2.75, 3.05) is 6.61 Å². The van der Waals surface area contributed by atoms with Crippen LogP contribution in [0.15, 0.2) is 48.5 Å². The summed E-state index contributed by atoms with van der Waals surface area (Å²) in [7, 11) is 0. The van der Waals surface area contributed by atoms with E-state index in [2.05, 4.69) is 15.6 Å². The normalized spacial score (nSPS) is 15.0. The van der Waals surface area contributed by atoms with Crippen LogP contribution < -0.4 is 10.1 Å². The first-order valence-corrected chi connectivity index (χ1v) is 13.4.